The van der Waals surface area contributed by atoms with Gasteiger partial charge in [0, 0.05) is 12.6 Å². The van der Waals surface area contributed by atoms with Crippen LogP contribution >= 0.6 is 0 Å². The van der Waals surface area contributed by atoms with Crippen LogP contribution < -0.4 is 4.72 Å². The van der Waals surface area contributed by atoms with E-state index in [1.165, 1.54) is 7.11 Å². The second-order valence-electron chi connectivity index (χ2n) is 5.65. The molecule has 1 aliphatic carbocycles. The Morgan fingerprint density at radius 2 is 1.95 bits per heavy atom. The summed E-state index contributed by atoms with van der Waals surface area (Å²) in [7, 11) is -2.20. The predicted molar refractivity (Wildman–Crippen MR) is 82.5 cm³/mol. The minimum absolute atomic E-state index is 0.172. The third-order valence-electron chi connectivity index (χ3n) is 4.15. The van der Waals surface area contributed by atoms with Crippen molar-refractivity contribution in [3.05, 3.63) is 0 Å². The van der Waals surface area contributed by atoms with Gasteiger partial charge in [-0.1, -0.05) is 20.3 Å². The van der Waals surface area contributed by atoms with Crippen molar-refractivity contribution in [1.29, 1.82) is 0 Å². The first-order chi connectivity index (χ1) is 9.85. The van der Waals surface area contributed by atoms with Gasteiger partial charge >= 0.3 is 5.97 Å². The molecule has 0 aromatic heterocycles. The van der Waals surface area contributed by atoms with Crippen molar-refractivity contribution < 1.29 is 17.9 Å². The first-order valence-electron chi connectivity index (χ1n) is 7.67. The van der Waals surface area contributed by atoms with Crippen LogP contribution in [0.2, 0.25) is 0 Å². The zero-order valence-corrected chi connectivity index (χ0v) is 14.3. The molecule has 1 aliphatic rings. The van der Waals surface area contributed by atoms with Crippen molar-refractivity contribution >= 4 is 16.0 Å². The molecule has 0 heterocycles. The smallest absolute Gasteiger partial charge is 0.310 e. The van der Waals surface area contributed by atoms with Crippen LogP contribution in [0, 0.1) is 5.92 Å². The lowest BCUT2D eigenvalue weighted by molar-refractivity contribution is -0.145. The highest BCUT2D eigenvalue weighted by atomic mass is 32.2. The molecule has 0 aliphatic heterocycles. The van der Waals surface area contributed by atoms with Crippen molar-refractivity contribution in [2.45, 2.75) is 51.3 Å². The lowest BCUT2D eigenvalue weighted by Gasteiger charge is -2.25. The van der Waals surface area contributed by atoms with Crippen molar-refractivity contribution in [2.75, 3.05) is 26.7 Å². The minimum atomic E-state index is -3.50. The summed E-state index contributed by atoms with van der Waals surface area (Å²) in [5.74, 6) is -0.951. The monoisotopic (exact) mass is 320 g/mol. The van der Waals surface area contributed by atoms with Gasteiger partial charge in [0.1, 0.15) is 0 Å². The molecule has 0 bridgehead atoms. The third kappa shape index (κ3) is 4.93. The van der Waals surface area contributed by atoms with E-state index < -0.39 is 27.2 Å². The van der Waals surface area contributed by atoms with E-state index in [2.05, 4.69) is 23.5 Å². The van der Waals surface area contributed by atoms with Gasteiger partial charge in [0.05, 0.1) is 18.3 Å². The molecule has 3 atom stereocenters. The van der Waals surface area contributed by atoms with Gasteiger partial charge in [-0.3, -0.25) is 4.79 Å². The number of likely N-dealkylation sites (N-methyl/N-ethyl adjacent to an activating group) is 1. The molecule has 0 aromatic carbocycles. The van der Waals surface area contributed by atoms with Crippen LogP contribution in [0.25, 0.3) is 0 Å². The van der Waals surface area contributed by atoms with Crippen LogP contribution in [-0.4, -0.2) is 57.3 Å². The highest BCUT2D eigenvalue weighted by molar-refractivity contribution is 7.90. The molecule has 1 rings (SSSR count). The SMILES string of the molecule is CCN(CC)CC(C)NS(=O)(=O)C1CCCC1C(=O)OC. The number of sulfonamides is 1. The Hall–Kier alpha value is -0.660. The second-order valence-corrected chi connectivity index (χ2v) is 7.58. The van der Waals surface area contributed by atoms with Crippen molar-refractivity contribution in [1.82, 2.24) is 9.62 Å². The van der Waals surface area contributed by atoms with Crippen LogP contribution in [0.5, 0.6) is 0 Å². The lowest BCUT2D eigenvalue weighted by atomic mass is 10.1. The zero-order valence-electron chi connectivity index (χ0n) is 13.5. The molecule has 0 spiro atoms. The van der Waals surface area contributed by atoms with Gasteiger partial charge in [-0.25, -0.2) is 13.1 Å². The Bertz CT molecular complexity index is 434. The summed E-state index contributed by atoms with van der Waals surface area (Å²) in [4.78, 5) is 13.9. The number of nitrogens with zero attached hydrogens (tertiary/aromatic N) is 1. The number of hydrogen-bond donors (Lipinski definition) is 1. The van der Waals surface area contributed by atoms with Gasteiger partial charge in [-0.15, -0.1) is 0 Å². The van der Waals surface area contributed by atoms with Gasteiger partial charge in [0.15, 0.2) is 0 Å². The normalized spacial score (nSPS) is 24.2. The standard InChI is InChI=1S/C14H28N2O4S/c1-5-16(6-2)10-11(3)15-21(18,19)13-9-7-8-12(13)14(17)20-4/h11-13,15H,5-10H2,1-4H3. The van der Waals surface area contributed by atoms with Crippen LogP contribution in [0.3, 0.4) is 0 Å². The quantitative estimate of drug-likeness (QED) is 0.675. The van der Waals surface area contributed by atoms with Crippen LogP contribution in [-0.2, 0) is 19.6 Å². The third-order valence-corrected chi connectivity index (χ3v) is 6.24. The molecule has 0 aromatic rings. The fourth-order valence-corrected chi connectivity index (χ4v) is 4.96. The number of esters is 1. The molecule has 21 heavy (non-hydrogen) atoms. The maximum atomic E-state index is 12.5. The Balaban J connectivity index is 2.70. The number of hydrogen-bond acceptors (Lipinski definition) is 5. The maximum Gasteiger partial charge on any atom is 0.310 e. The minimum Gasteiger partial charge on any atom is -0.469 e. The highest BCUT2D eigenvalue weighted by Gasteiger charge is 2.42. The molecule has 1 fully saturated rings. The van der Waals surface area contributed by atoms with Gasteiger partial charge in [0.25, 0.3) is 0 Å². The van der Waals surface area contributed by atoms with Crippen LogP contribution in [0.4, 0.5) is 0 Å². The largest absolute Gasteiger partial charge is 0.469 e. The topological polar surface area (TPSA) is 75.7 Å². The number of nitrogens with one attached hydrogen (secondary N) is 1. The zero-order chi connectivity index (χ0) is 16.0. The molecule has 6 nitrogen and oxygen atoms in total. The molecule has 0 amide bonds. The maximum absolute atomic E-state index is 12.5. The van der Waals surface area contributed by atoms with Crippen molar-refractivity contribution in [3.8, 4) is 0 Å². The van der Waals surface area contributed by atoms with E-state index in [1.807, 2.05) is 6.92 Å². The molecule has 1 N–H and O–H groups in total. The molecular formula is C14H28N2O4S. The number of ether oxygens (including phenoxy) is 1. The Morgan fingerprint density at radius 3 is 2.48 bits per heavy atom. The summed E-state index contributed by atoms with van der Waals surface area (Å²) >= 11 is 0. The van der Waals surface area contributed by atoms with E-state index in [4.69, 9.17) is 4.74 Å². The first kappa shape index (κ1) is 18.4. The highest BCUT2D eigenvalue weighted by Crippen LogP contribution is 2.31. The molecule has 1 saturated carbocycles. The number of methoxy groups -OCH3 is 1. The number of carbonyl (C=O) groups is 1. The van der Waals surface area contributed by atoms with E-state index in [9.17, 15) is 13.2 Å². The summed E-state index contributed by atoms with van der Waals surface area (Å²) in [6.45, 7) is 8.40. The summed E-state index contributed by atoms with van der Waals surface area (Å²) in [5.41, 5.74) is 0. The van der Waals surface area contributed by atoms with E-state index in [-0.39, 0.29) is 6.04 Å². The second kappa shape index (κ2) is 8.10. The van der Waals surface area contributed by atoms with Crippen LogP contribution in [0.1, 0.15) is 40.0 Å². The Kier molecular flexibility index (Phi) is 7.09. The molecule has 0 saturated heterocycles. The van der Waals surface area contributed by atoms with Gasteiger partial charge in [0.2, 0.25) is 10.0 Å². The molecule has 124 valence electrons. The predicted octanol–water partition coefficient (Wildman–Crippen LogP) is 0.978. The summed E-state index contributed by atoms with van der Waals surface area (Å²) in [5, 5.41) is -0.663. The fraction of sp³-hybridized carbons (Fsp3) is 0.929. The first-order valence-corrected chi connectivity index (χ1v) is 9.21. The van der Waals surface area contributed by atoms with Crippen molar-refractivity contribution in [3.63, 3.8) is 0 Å². The molecule has 7 heteroatoms. The molecular weight excluding hydrogens is 292 g/mol. The number of rotatable bonds is 8. The van der Waals surface area contributed by atoms with E-state index in [1.54, 1.807) is 0 Å². The average molecular weight is 320 g/mol. The average Bonchev–Trinajstić information content (AvgIpc) is 2.93. The summed E-state index contributed by atoms with van der Waals surface area (Å²) < 4.78 is 32.4. The van der Waals surface area contributed by atoms with E-state index in [0.717, 1.165) is 19.5 Å². The van der Waals surface area contributed by atoms with Gasteiger partial charge < -0.3 is 9.64 Å². The van der Waals surface area contributed by atoms with Crippen LogP contribution in [0.15, 0.2) is 0 Å². The van der Waals surface area contributed by atoms with E-state index in [0.29, 0.717) is 19.4 Å². The van der Waals surface area contributed by atoms with Gasteiger partial charge in [-0.05, 0) is 32.9 Å². The van der Waals surface area contributed by atoms with E-state index >= 15 is 0 Å². The number of carbonyl (C=O) groups excluding carboxylic acids is 1. The summed E-state index contributed by atoms with van der Waals surface area (Å²) in [6, 6.07) is -0.172. The lowest BCUT2D eigenvalue weighted by Crippen LogP contribution is -2.47. The molecule has 0 radical (unpaired) electrons. The van der Waals surface area contributed by atoms with Gasteiger partial charge in [-0.2, -0.15) is 0 Å². The Morgan fingerprint density at radius 1 is 1.33 bits per heavy atom. The van der Waals surface area contributed by atoms with Crippen molar-refractivity contribution in [2.24, 2.45) is 5.92 Å². The summed E-state index contributed by atoms with van der Waals surface area (Å²) in [6.07, 6.45) is 1.85. The Labute approximate surface area is 128 Å². The fourth-order valence-electron chi connectivity index (χ4n) is 2.99. The molecule has 3 unspecified atom stereocenters.